The van der Waals surface area contributed by atoms with Crippen molar-refractivity contribution in [2.75, 3.05) is 6.54 Å². The zero-order valence-corrected chi connectivity index (χ0v) is 16.3. The Morgan fingerprint density at radius 1 is 1.29 bits per heavy atom. The summed E-state index contributed by atoms with van der Waals surface area (Å²) in [6.07, 6.45) is 0.529. The van der Waals surface area contributed by atoms with E-state index in [1.165, 1.54) is 12.1 Å². The smallest absolute Gasteiger partial charge is 0.289 e. The van der Waals surface area contributed by atoms with Crippen molar-refractivity contribution in [3.05, 3.63) is 33.4 Å². The molecule has 1 atom stereocenters. The molecular weight excluding hydrogens is 354 g/mol. The minimum atomic E-state index is -4.06. The molecule has 0 radical (unpaired) electrons. The molecule has 1 rings (SSSR count). The summed E-state index contributed by atoms with van der Waals surface area (Å²) in [5.74, 6) is 0.223. The Morgan fingerprint density at radius 2 is 1.79 bits per heavy atom. The fraction of sp³-hybridized carbons (Fsp3) is 0.600. The summed E-state index contributed by atoms with van der Waals surface area (Å²) in [7, 11) is -4.06. The van der Waals surface area contributed by atoms with Crippen LogP contribution in [-0.2, 0) is 10.0 Å². The Bertz CT molecular complexity index is 707. The first-order chi connectivity index (χ1) is 10.4. The molecule has 1 aromatic carbocycles. The number of nitro benzene ring substituents is 1. The van der Waals surface area contributed by atoms with Gasteiger partial charge >= 0.3 is 0 Å². The average molecular weight is 380 g/mol. The number of sulfonamides is 1. The van der Waals surface area contributed by atoms with E-state index in [-0.39, 0.29) is 29.8 Å². The van der Waals surface area contributed by atoms with Crippen molar-refractivity contribution in [1.29, 1.82) is 0 Å². The van der Waals surface area contributed by atoms with E-state index >= 15 is 0 Å². The standard InChI is InChI=1S/C15H25N3O4S.ClH/c1-10(2)8-15(5,9-16)17-23(21,22)14-7-12(4)11(3)6-13(14)18(19)20;/h6-7,10,17H,8-9,16H2,1-5H3;1H. The summed E-state index contributed by atoms with van der Waals surface area (Å²) in [4.78, 5) is 10.2. The predicted molar refractivity (Wildman–Crippen MR) is 97.1 cm³/mol. The third kappa shape index (κ3) is 5.41. The fourth-order valence-corrected chi connectivity index (χ4v) is 4.25. The Morgan fingerprint density at radius 3 is 2.21 bits per heavy atom. The molecule has 3 N–H and O–H groups in total. The summed E-state index contributed by atoms with van der Waals surface area (Å²) in [5, 5.41) is 11.2. The lowest BCUT2D eigenvalue weighted by molar-refractivity contribution is -0.387. The number of halogens is 1. The maximum atomic E-state index is 12.7. The molecule has 0 spiro atoms. The Kier molecular flexibility index (Phi) is 7.82. The first kappa shape index (κ1) is 22.8. The van der Waals surface area contributed by atoms with Crippen LogP contribution in [0.4, 0.5) is 5.69 Å². The van der Waals surface area contributed by atoms with E-state index in [1.54, 1.807) is 20.8 Å². The Labute approximate surface area is 149 Å². The van der Waals surface area contributed by atoms with Gasteiger partial charge in [-0.2, -0.15) is 0 Å². The zero-order valence-electron chi connectivity index (χ0n) is 14.6. The highest BCUT2D eigenvalue weighted by Gasteiger charge is 2.34. The highest BCUT2D eigenvalue weighted by molar-refractivity contribution is 7.89. The van der Waals surface area contributed by atoms with Crippen LogP contribution in [0.15, 0.2) is 17.0 Å². The van der Waals surface area contributed by atoms with Gasteiger partial charge in [0.05, 0.1) is 4.92 Å². The first-order valence-corrected chi connectivity index (χ1v) is 8.90. The highest BCUT2D eigenvalue weighted by atomic mass is 35.5. The average Bonchev–Trinajstić information content (AvgIpc) is 2.39. The molecule has 0 saturated carbocycles. The van der Waals surface area contributed by atoms with Crippen LogP contribution >= 0.6 is 12.4 Å². The number of nitrogens with two attached hydrogens (primary N) is 1. The van der Waals surface area contributed by atoms with Gasteiger partial charge in [0, 0.05) is 18.2 Å². The second-order valence-corrected chi connectivity index (χ2v) is 8.28. The molecule has 0 aliphatic heterocycles. The van der Waals surface area contributed by atoms with E-state index in [2.05, 4.69) is 4.72 Å². The molecule has 138 valence electrons. The van der Waals surface area contributed by atoms with Gasteiger partial charge in [-0.3, -0.25) is 10.1 Å². The van der Waals surface area contributed by atoms with Crippen LogP contribution in [0.5, 0.6) is 0 Å². The number of nitro groups is 1. The van der Waals surface area contributed by atoms with Crippen LogP contribution in [0.25, 0.3) is 0 Å². The number of nitrogens with one attached hydrogen (secondary N) is 1. The summed E-state index contributed by atoms with van der Waals surface area (Å²) >= 11 is 0. The molecule has 0 bridgehead atoms. The third-order valence-electron chi connectivity index (χ3n) is 3.75. The number of aryl methyl sites for hydroxylation is 2. The Balaban J connectivity index is 0.00000529. The minimum Gasteiger partial charge on any atom is -0.329 e. The van der Waals surface area contributed by atoms with Crippen molar-refractivity contribution in [3.63, 3.8) is 0 Å². The highest BCUT2D eigenvalue weighted by Crippen LogP contribution is 2.29. The minimum absolute atomic E-state index is 0. The van der Waals surface area contributed by atoms with E-state index < -0.39 is 26.2 Å². The van der Waals surface area contributed by atoms with E-state index in [1.807, 2.05) is 13.8 Å². The lowest BCUT2D eigenvalue weighted by atomic mass is 9.92. The van der Waals surface area contributed by atoms with Gasteiger partial charge in [-0.1, -0.05) is 13.8 Å². The molecule has 24 heavy (non-hydrogen) atoms. The molecule has 0 aromatic heterocycles. The van der Waals surface area contributed by atoms with Crippen LogP contribution in [0.2, 0.25) is 0 Å². The molecule has 0 heterocycles. The van der Waals surface area contributed by atoms with Crippen molar-refractivity contribution >= 4 is 28.1 Å². The van der Waals surface area contributed by atoms with E-state index in [0.717, 1.165) is 0 Å². The lowest BCUT2D eigenvalue weighted by Gasteiger charge is -2.30. The van der Waals surface area contributed by atoms with Crippen molar-refractivity contribution in [1.82, 2.24) is 4.72 Å². The molecule has 1 unspecified atom stereocenters. The van der Waals surface area contributed by atoms with Crippen molar-refractivity contribution in [3.8, 4) is 0 Å². The molecule has 7 nitrogen and oxygen atoms in total. The van der Waals surface area contributed by atoms with Gasteiger partial charge in [0.2, 0.25) is 10.0 Å². The number of rotatable bonds is 7. The van der Waals surface area contributed by atoms with Gasteiger partial charge in [0.1, 0.15) is 0 Å². The Hall–Kier alpha value is -1.22. The van der Waals surface area contributed by atoms with Crippen molar-refractivity contribution < 1.29 is 13.3 Å². The summed E-state index contributed by atoms with van der Waals surface area (Å²) in [5.41, 5.74) is 5.79. The SMILES string of the molecule is Cc1cc([N+](=O)[O-])c(S(=O)(=O)NC(C)(CN)CC(C)C)cc1C.Cl. The van der Waals surface area contributed by atoms with Gasteiger partial charge in [-0.15, -0.1) is 12.4 Å². The molecule has 0 saturated heterocycles. The molecule has 0 aliphatic carbocycles. The van der Waals surface area contributed by atoms with Gasteiger partial charge in [-0.25, -0.2) is 13.1 Å². The summed E-state index contributed by atoms with van der Waals surface area (Å²) in [6.45, 7) is 9.14. The normalized spacial score (nSPS) is 14.1. The molecule has 0 aliphatic rings. The second-order valence-electron chi connectivity index (χ2n) is 6.63. The molecule has 0 fully saturated rings. The molecule has 9 heteroatoms. The maximum Gasteiger partial charge on any atom is 0.289 e. The van der Waals surface area contributed by atoms with Crippen molar-refractivity contribution in [2.45, 2.75) is 51.5 Å². The van der Waals surface area contributed by atoms with E-state index in [0.29, 0.717) is 17.5 Å². The number of hydrogen-bond acceptors (Lipinski definition) is 5. The van der Waals surface area contributed by atoms with E-state index in [9.17, 15) is 18.5 Å². The lowest BCUT2D eigenvalue weighted by Crippen LogP contribution is -2.52. The summed E-state index contributed by atoms with van der Waals surface area (Å²) < 4.78 is 28.0. The largest absolute Gasteiger partial charge is 0.329 e. The number of hydrogen-bond donors (Lipinski definition) is 2. The topological polar surface area (TPSA) is 115 Å². The molecule has 1 aromatic rings. The van der Waals surface area contributed by atoms with Gasteiger partial charge < -0.3 is 5.73 Å². The van der Waals surface area contributed by atoms with Gasteiger partial charge in [-0.05, 0) is 50.3 Å². The van der Waals surface area contributed by atoms with Crippen LogP contribution in [-0.4, -0.2) is 25.4 Å². The van der Waals surface area contributed by atoms with Crippen molar-refractivity contribution in [2.24, 2.45) is 11.7 Å². The summed E-state index contributed by atoms with van der Waals surface area (Å²) in [6, 6.07) is 2.62. The monoisotopic (exact) mass is 379 g/mol. The van der Waals surface area contributed by atoms with Crippen LogP contribution in [0.1, 0.15) is 38.3 Å². The second kappa shape index (κ2) is 8.24. The van der Waals surface area contributed by atoms with Crippen LogP contribution in [0.3, 0.4) is 0 Å². The third-order valence-corrected chi connectivity index (χ3v) is 5.42. The first-order valence-electron chi connectivity index (χ1n) is 7.41. The molecule has 0 amide bonds. The number of benzene rings is 1. The maximum absolute atomic E-state index is 12.7. The van der Waals surface area contributed by atoms with Gasteiger partial charge in [0.15, 0.2) is 4.90 Å². The van der Waals surface area contributed by atoms with Crippen LogP contribution in [0, 0.1) is 29.9 Å². The fourth-order valence-electron chi connectivity index (χ4n) is 2.58. The zero-order chi connectivity index (χ0) is 18.0. The predicted octanol–water partition coefficient (Wildman–Crippen LogP) is 2.68. The van der Waals surface area contributed by atoms with Crippen LogP contribution < -0.4 is 10.5 Å². The number of nitrogens with zero attached hydrogens (tertiary/aromatic N) is 1. The van der Waals surface area contributed by atoms with Gasteiger partial charge in [0.25, 0.3) is 5.69 Å². The van der Waals surface area contributed by atoms with E-state index in [4.69, 9.17) is 5.73 Å². The quantitative estimate of drug-likeness (QED) is 0.558. The molecular formula is C15H26ClN3O4S.